The number of aryl methyl sites for hydroxylation is 1. The number of benzene rings is 1. The Kier molecular flexibility index (Phi) is 3.88. The Balaban J connectivity index is 1.71. The molecule has 0 bridgehead atoms. The van der Waals surface area contributed by atoms with Crippen LogP contribution in [0.3, 0.4) is 0 Å². The first kappa shape index (κ1) is 14.6. The molecule has 0 spiro atoms. The summed E-state index contributed by atoms with van der Waals surface area (Å²) in [6.45, 7) is 2.03. The summed E-state index contributed by atoms with van der Waals surface area (Å²) in [6, 6.07) is 5.76. The molecule has 1 amide bonds. The number of carboxylic acids is 1. The number of nitrogens with one attached hydrogen (secondary N) is 2. The summed E-state index contributed by atoms with van der Waals surface area (Å²) < 4.78 is 0. The summed E-state index contributed by atoms with van der Waals surface area (Å²) >= 11 is 0. The minimum absolute atomic E-state index is 0.111. The number of amides is 1. The number of para-hydroxylation sites is 1. The molecule has 0 radical (unpaired) electrons. The van der Waals surface area contributed by atoms with Gasteiger partial charge in [-0.25, -0.2) is 0 Å². The van der Waals surface area contributed by atoms with Gasteiger partial charge in [0, 0.05) is 23.1 Å². The Morgan fingerprint density at radius 1 is 1.36 bits per heavy atom. The van der Waals surface area contributed by atoms with Gasteiger partial charge in [-0.3, -0.25) is 9.59 Å². The lowest BCUT2D eigenvalue weighted by atomic mass is 10.0. The molecule has 1 heterocycles. The second-order valence-electron chi connectivity index (χ2n) is 6.04. The van der Waals surface area contributed by atoms with Gasteiger partial charge in [-0.2, -0.15) is 0 Å². The molecule has 0 unspecified atom stereocenters. The molecule has 0 aliphatic heterocycles. The summed E-state index contributed by atoms with van der Waals surface area (Å²) in [4.78, 5) is 26.6. The molecule has 1 saturated carbocycles. The van der Waals surface area contributed by atoms with Crippen LogP contribution in [0.5, 0.6) is 0 Å². The van der Waals surface area contributed by atoms with Crippen molar-refractivity contribution in [3.63, 3.8) is 0 Å². The Labute approximate surface area is 128 Å². The molecule has 3 rings (SSSR count). The van der Waals surface area contributed by atoms with E-state index in [1.54, 1.807) is 0 Å². The number of aliphatic carboxylic acids is 1. The fraction of sp³-hybridized carbons (Fsp3) is 0.412. The second kappa shape index (κ2) is 5.83. The van der Waals surface area contributed by atoms with Crippen molar-refractivity contribution in [1.82, 2.24) is 10.3 Å². The smallest absolute Gasteiger partial charge is 0.308 e. The molecule has 2 atom stereocenters. The van der Waals surface area contributed by atoms with Crippen LogP contribution in [0, 0.1) is 12.8 Å². The maximum Gasteiger partial charge on any atom is 0.308 e. The molecule has 5 heteroatoms. The van der Waals surface area contributed by atoms with Gasteiger partial charge >= 0.3 is 5.97 Å². The summed E-state index contributed by atoms with van der Waals surface area (Å²) in [5.74, 6) is -1.37. The van der Waals surface area contributed by atoms with Crippen molar-refractivity contribution in [1.29, 1.82) is 0 Å². The van der Waals surface area contributed by atoms with Gasteiger partial charge in [0.25, 0.3) is 0 Å². The van der Waals surface area contributed by atoms with Gasteiger partial charge in [0.1, 0.15) is 0 Å². The largest absolute Gasteiger partial charge is 0.481 e. The lowest BCUT2D eigenvalue weighted by Crippen LogP contribution is -2.40. The molecule has 116 valence electrons. The van der Waals surface area contributed by atoms with E-state index in [0.29, 0.717) is 6.42 Å². The lowest BCUT2D eigenvalue weighted by Gasteiger charge is -2.17. The van der Waals surface area contributed by atoms with Crippen molar-refractivity contribution in [3.8, 4) is 0 Å². The van der Waals surface area contributed by atoms with Crippen molar-refractivity contribution in [2.24, 2.45) is 5.92 Å². The van der Waals surface area contributed by atoms with Gasteiger partial charge in [0.05, 0.1) is 12.3 Å². The molecular weight excluding hydrogens is 280 g/mol. The molecular formula is C17H20N2O3. The lowest BCUT2D eigenvalue weighted by molar-refractivity contribution is -0.142. The van der Waals surface area contributed by atoms with Gasteiger partial charge in [-0.05, 0) is 30.9 Å². The zero-order valence-electron chi connectivity index (χ0n) is 12.6. The number of hydrogen-bond acceptors (Lipinski definition) is 2. The Hall–Kier alpha value is -2.30. The SMILES string of the molecule is Cc1cccc2c(CC(=O)N[C@@H]3CCC[C@@H]3C(=O)O)c[nH]c12. The number of H-pyrrole nitrogens is 1. The Bertz CT molecular complexity index is 720. The van der Waals surface area contributed by atoms with Crippen molar-refractivity contribution in [2.45, 2.75) is 38.6 Å². The number of carbonyl (C=O) groups excluding carboxylic acids is 1. The van der Waals surface area contributed by atoms with Crippen LogP contribution >= 0.6 is 0 Å². The second-order valence-corrected chi connectivity index (χ2v) is 6.04. The average molecular weight is 300 g/mol. The molecule has 0 saturated heterocycles. The van der Waals surface area contributed by atoms with Crippen LogP contribution in [-0.2, 0) is 16.0 Å². The highest BCUT2D eigenvalue weighted by Crippen LogP contribution is 2.26. The maximum absolute atomic E-state index is 12.2. The van der Waals surface area contributed by atoms with E-state index in [9.17, 15) is 9.59 Å². The van der Waals surface area contributed by atoms with E-state index in [1.165, 1.54) is 0 Å². The van der Waals surface area contributed by atoms with Crippen LogP contribution in [0.1, 0.15) is 30.4 Å². The highest BCUT2D eigenvalue weighted by atomic mass is 16.4. The molecule has 22 heavy (non-hydrogen) atoms. The average Bonchev–Trinajstić information content (AvgIpc) is 3.07. The molecule has 5 nitrogen and oxygen atoms in total. The van der Waals surface area contributed by atoms with Gasteiger partial charge in [0.15, 0.2) is 0 Å². The monoisotopic (exact) mass is 300 g/mol. The van der Waals surface area contributed by atoms with E-state index >= 15 is 0 Å². The van der Waals surface area contributed by atoms with Crippen LogP contribution in [0.15, 0.2) is 24.4 Å². The van der Waals surface area contributed by atoms with E-state index in [4.69, 9.17) is 5.11 Å². The standard InChI is InChI=1S/C17H20N2O3/c1-10-4-2-5-12-11(9-18-16(10)12)8-15(20)19-14-7-3-6-13(14)17(21)22/h2,4-5,9,13-14,18H,3,6-8H2,1H3,(H,19,20)(H,21,22)/t13-,14+/m0/s1. The number of aromatic nitrogens is 1. The van der Waals surface area contributed by atoms with Gasteiger partial charge in [-0.1, -0.05) is 24.6 Å². The molecule has 1 aromatic heterocycles. The highest BCUT2D eigenvalue weighted by Gasteiger charge is 2.33. The van der Waals surface area contributed by atoms with Crippen LogP contribution < -0.4 is 5.32 Å². The zero-order chi connectivity index (χ0) is 15.7. The highest BCUT2D eigenvalue weighted by molar-refractivity contribution is 5.90. The molecule has 1 aromatic carbocycles. The van der Waals surface area contributed by atoms with E-state index in [1.807, 2.05) is 31.3 Å². The Morgan fingerprint density at radius 3 is 2.95 bits per heavy atom. The van der Waals surface area contributed by atoms with Crippen molar-refractivity contribution >= 4 is 22.8 Å². The minimum Gasteiger partial charge on any atom is -0.481 e. The van der Waals surface area contributed by atoms with Gasteiger partial charge in [-0.15, -0.1) is 0 Å². The normalized spacial score (nSPS) is 21.1. The fourth-order valence-electron chi connectivity index (χ4n) is 3.37. The van der Waals surface area contributed by atoms with E-state index in [-0.39, 0.29) is 18.4 Å². The third-order valence-electron chi connectivity index (χ3n) is 4.54. The third-order valence-corrected chi connectivity index (χ3v) is 4.54. The van der Waals surface area contributed by atoms with Crippen molar-refractivity contribution in [3.05, 3.63) is 35.5 Å². The predicted molar refractivity (Wildman–Crippen MR) is 83.6 cm³/mol. The van der Waals surface area contributed by atoms with E-state index in [0.717, 1.165) is 34.9 Å². The van der Waals surface area contributed by atoms with Crippen molar-refractivity contribution in [2.75, 3.05) is 0 Å². The number of fused-ring (bicyclic) bond motifs is 1. The number of carbonyl (C=O) groups is 2. The van der Waals surface area contributed by atoms with Crippen LogP contribution in [0.2, 0.25) is 0 Å². The summed E-state index contributed by atoms with van der Waals surface area (Å²) in [6.07, 6.45) is 4.38. The summed E-state index contributed by atoms with van der Waals surface area (Å²) in [7, 11) is 0. The van der Waals surface area contributed by atoms with Gasteiger partial charge < -0.3 is 15.4 Å². The Morgan fingerprint density at radius 2 is 2.18 bits per heavy atom. The first-order valence-electron chi connectivity index (χ1n) is 7.64. The number of carboxylic acid groups (broad SMARTS) is 1. The molecule has 1 aliphatic carbocycles. The fourth-order valence-corrected chi connectivity index (χ4v) is 3.37. The summed E-state index contributed by atoms with van der Waals surface area (Å²) in [5, 5.41) is 13.1. The van der Waals surface area contributed by atoms with Crippen molar-refractivity contribution < 1.29 is 14.7 Å². The minimum atomic E-state index is -0.814. The van der Waals surface area contributed by atoms with E-state index in [2.05, 4.69) is 10.3 Å². The molecule has 1 fully saturated rings. The van der Waals surface area contributed by atoms with E-state index < -0.39 is 11.9 Å². The first-order chi connectivity index (χ1) is 10.6. The topological polar surface area (TPSA) is 82.2 Å². The predicted octanol–water partition coefficient (Wildman–Crippen LogP) is 2.39. The first-order valence-corrected chi connectivity index (χ1v) is 7.64. The number of hydrogen-bond donors (Lipinski definition) is 3. The summed E-state index contributed by atoms with van der Waals surface area (Å²) in [5.41, 5.74) is 3.14. The van der Waals surface area contributed by atoms with Crippen LogP contribution in [-0.4, -0.2) is 28.0 Å². The third kappa shape index (κ3) is 2.71. The van der Waals surface area contributed by atoms with Gasteiger partial charge in [0.2, 0.25) is 5.91 Å². The maximum atomic E-state index is 12.2. The molecule has 1 aliphatic rings. The van der Waals surface area contributed by atoms with Crippen LogP contribution in [0.25, 0.3) is 10.9 Å². The zero-order valence-corrected chi connectivity index (χ0v) is 12.6. The van der Waals surface area contributed by atoms with Crippen LogP contribution in [0.4, 0.5) is 0 Å². The number of rotatable bonds is 4. The quantitative estimate of drug-likeness (QED) is 0.811. The molecule has 3 N–H and O–H groups in total. The molecule has 2 aromatic rings. The number of aromatic amines is 1.